The maximum Gasteiger partial charge on any atom is 0.262 e. The van der Waals surface area contributed by atoms with Crippen molar-refractivity contribution in [3.8, 4) is 0 Å². The van der Waals surface area contributed by atoms with Crippen LogP contribution in [0.3, 0.4) is 0 Å². The quantitative estimate of drug-likeness (QED) is 0.701. The summed E-state index contributed by atoms with van der Waals surface area (Å²) in [5, 5.41) is 5.91. The van der Waals surface area contributed by atoms with Crippen molar-refractivity contribution in [1.82, 2.24) is 20.4 Å². The third-order valence-corrected chi connectivity index (χ3v) is 7.21. The van der Waals surface area contributed by atoms with Crippen LogP contribution in [0.5, 0.6) is 0 Å². The lowest BCUT2D eigenvalue weighted by Crippen LogP contribution is -2.54. The number of rotatable bonds is 4. The van der Waals surface area contributed by atoms with E-state index < -0.39 is 23.8 Å². The third-order valence-electron chi connectivity index (χ3n) is 7.21. The Bertz CT molecular complexity index is 940. The van der Waals surface area contributed by atoms with E-state index in [0.717, 1.165) is 36.0 Å². The number of nitrogens with one attached hydrogen (secondary N) is 2. The van der Waals surface area contributed by atoms with Crippen LogP contribution in [-0.4, -0.2) is 65.1 Å². The Balaban J connectivity index is 1.36. The molecule has 2 atom stereocenters. The number of nitrogens with zero attached hydrogens (tertiary/aromatic N) is 2. The summed E-state index contributed by atoms with van der Waals surface area (Å²) in [6, 6.07) is 4.92. The van der Waals surface area contributed by atoms with E-state index in [2.05, 4.69) is 15.5 Å². The minimum Gasteiger partial charge on any atom is -0.311 e. The lowest BCUT2D eigenvalue weighted by atomic mass is 9.95. The average Bonchev–Trinajstić information content (AvgIpc) is 3.38. The lowest BCUT2D eigenvalue weighted by Gasteiger charge is -2.37. The molecule has 0 radical (unpaired) electrons. The molecule has 31 heavy (non-hydrogen) atoms. The minimum absolute atomic E-state index is 0.125. The number of carbonyl (C=O) groups excluding carboxylic acids is 4. The number of amides is 4. The van der Waals surface area contributed by atoms with Crippen LogP contribution < -0.4 is 10.6 Å². The normalized spacial score (nSPS) is 27.7. The Morgan fingerprint density at radius 3 is 2.58 bits per heavy atom. The molecule has 0 aromatic heterocycles. The molecule has 164 valence electrons. The van der Waals surface area contributed by atoms with Gasteiger partial charge in [0.15, 0.2) is 0 Å². The fraction of sp³-hybridized carbons (Fsp3) is 0.565. The molecule has 8 nitrogen and oxygen atoms in total. The van der Waals surface area contributed by atoms with Crippen LogP contribution in [0.4, 0.5) is 0 Å². The molecule has 1 saturated carbocycles. The highest BCUT2D eigenvalue weighted by Gasteiger charge is 2.45. The molecule has 0 bridgehead atoms. The highest BCUT2D eigenvalue weighted by molar-refractivity contribution is 6.24. The summed E-state index contributed by atoms with van der Waals surface area (Å²) >= 11 is 0. The first-order valence-corrected chi connectivity index (χ1v) is 11.3. The van der Waals surface area contributed by atoms with Gasteiger partial charge in [-0.3, -0.25) is 34.3 Å². The molecule has 3 heterocycles. The summed E-state index contributed by atoms with van der Waals surface area (Å²) in [6.07, 6.45) is 5.47. The second-order valence-corrected chi connectivity index (χ2v) is 9.13. The van der Waals surface area contributed by atoms with Crippen LogP contribution in [-0.2, 0) is 16.1 Å². The monoisotopic (exact) mass is 424 g/mol. The van der Waals surface area contributed by atoms with Crippen LogP contribution in [0.25, 0.3) is 0 Å². The van der Waals surface area contributed by atoms with E-state index in [1.807, 2.05) is 12.1 Å². The Morgan fingerprint density at radius 1 is 1.00 bits per heavy atom. The molecule has 3 aliphatic heterocycles. The van der Waals surface area contributed by atoms with Gasteiger partial charge in [0.25, 0.3) is 11.8 Å². The molecule has 4 amide bonds. The SMILES string of the molecule is O=C1CCC(N2C(=O)c3cccc(CN4CCNC(C5CCCC5)C4)c3C2=O)C(=O)N1. The average molecular weight is 425 g/mol. The van der Waals surface area contributed by atoms with Crippen LogP contribution in [0.2, 0.25) is 0 Å². The lowest BCUT2D eigenvalue weighted by molar-refractivity contribution is -0.136. The number of piperidine rings is 1. The minimum atomic E-state index is -0.927. The first-order valence-electron chi connectivity index (χ1n) is 11.3. The number of imide groups is 2. The third kappa shape index (κ3) is 3.68. The van der Waals surface area contributed by atoms with E-state index in [1.54, 1.807) is 6.07 Å². The number of carbonyl (C=O) groups is 4. The fourth-order valence-electron chi connectivity index (χ4n) is 5.62. The van der Waals surface area contributed by atoms with Crippen molar-refractivity contribution in [1.29, 1.82) is 0 Å². The predicted octanol–water partition coefficient (Wildman–Crippen LogP) is 1.05. The maximum absolute atomic E-state index is 13.3. The Labute approximate surface area is 181 Å². The molecule has 0 spiro atoms. The predicted molar refractivity (Wildman–Crippen MR) is 112 cm³/mol. The maximum atomic E-state index is 13.3. The zero-order valence-corrected chi connectivity index (χ0v) is 17.6. The molecule has 3 fully saturated rings. The van der Waals surface area contributed by atoms with Crippen molar-refractivity contribution in [3.63, 3.8) is 0 Å². The van der Waals surface area contributed by atoms with E-state index >= 15 is 0 Å². The van der Waals surface area contributed by atoms with Crippen molar-refractivity contribution in [3.05, 3.63) is 34.9 Å². The summed E-state index contributed by atoms with van der Waals surface area (Å²) in [6.45, 7) is 3.36. The second-order valence-electron chi connectivity index (χ2n) is 9.13. The van der Waals surface area contributed by atoms with E-state index in [9.17, 15) is 19.2 Å². The summed E-state index contributed by atoms with van der Waals surface area (Å²) in [5.74, 6) is -1.09. The zero-order chi connectivity index (χ0) is 21.5. The van der Waals surface area contributed by atoms with Gasteiger partial charge in [-0.2, -0.15) is 0 Å². The number of piperazine rings is 1. The largest absolute Gasteiger partial charge is 0.311 e. The van der Waals surface area contributed by atoms with Crippen molar-refractivity contribution in [2.45, 2.75) is 57.2 Å². The molecule has 2 unspecified atom stereocenters. The molecule has 8 heteroatoms. The Hall–Kier alpha value is -2.58. The number of hydrogen-bond donors (Lipinski definition) is 2. The first-order chi connectivity index (χ1) is 15.0. The van der Waals surface area contributed by atoms with E-state index in [4.69, 9.17) is 0 Å². The van der Waals surface area contributed by atoms with Crippen molar-refractivity contribution in [2.24, 2.45) is 5.92 Å². The summed E-state index contributed by atoms with van der Waals surface area (Å²) in [4.78, 5) is 53.5. The number of hydrogen-bond acceptors (Lipinski definition) is 6. The van der Waals surface area contributed by atoms with Crippen LogP contribution in [0.15, 0.2) is 18.2 Å². The Morgan fingerprint density at radius 2 is 1.81 bits per heavy atom. The molecular formula is C23H28N4O4. The van der Waals surface area contributed by atoms with Crippen LogP contribution in [0.1, 0.15) is 64.8 Å². The molecule has 5 rings (SSSR count). The molecule has 2 saturated heterocycles. The highest BCUT2D eigenvalue weighted by atomic mass is 16.2. The van der Waals surface area contributed by atoms with E-state index in [0.29, 0.717) is 23.7 Å². The molecular weight excluding hydrogens is 396 g/mol. The zero-order valence-electron chi connectivity index (χ0n) is 17.6. The van der Waals surface area contributed by atoms with Gasteiger partial charge in [0, 0.05) is 38.6 Å². The molecule has 4 aliphatic rings. The second kappa shape index (κ2) is 8.16. The first kappa shape index (κ1) is 20.3. The molecule has 1 aromatic carbocycles. The fourth-order valence-corrected chi connectivity index (χ4v) is 5.62. The summed E-state index contributed by atoms with van der Waals surface area (Å²) < 4.78 is 0. The highest BCUT2D eigenvalue weighted by Crippen LogP contribution is 2.32. The number of benzene rings is 1. The van der Waals surface area contributed by atoms with Crippen LogP contribution >= 0.6 is 0 Å². The van der Waals surface area contributed by atoms with Crippen LogP contribution in [0, 0.1) is 5.92 Å². The van der Waals surface area contributed by atoms with E-state index in [-0.39, 0.29) is 18.7 Å². The van der Waals surface area contributed by atoms with Gasteiger partial charge in [-0.1, -0.05) is 25.0 Å². The molecule has 1 aromatic rings. The van der Waals surface area contributed by atoms with Gasteiger partial charge in [-0.25, -0.2) is 0 Å². The van der Waals surface area contributed by atoms with Gasteiger partial charge in [-0.05, 0) is 36.8 Å². The van der Waals surface area contributed by atoms with Gasteiger partial charge in [0.2, 0.25) is 11.8 Å². The molecule has 1 aliphatic carbocycles. The molecule has 2 N–H and O–H groups in total. The summed E-state index contributed by atoms with van der Waals surface area (Å²) in [7, 11) is 0. The van der Waals surface area contributed by atoms with E-state index in [1.165, 1.54) is 25.7 Å². The number of fused-ring (bicyclic) bond motifs is 1. The van der Waals surface area contributed by atoms with Gasteiger partial charge in [-0.15, -0.1) is 0 Å². The van der Waals surface area contributed by atoms with Gasteiger partial charge in [0.1, 0.15) is 6.04 Å². The van der Waals surface area contributed by atoms with Gasteiger partial charge < -0.3 is 5.32 Å². The Kier molecular flexibility index (Phi) is 5.35. The smallest absolute Gasteiger partial charge is 0.262 e. The standard InChI is InChI=1S/C23H28N4O4/c28-19-9-8-18(21(29)25-19)27-22(30)16-7-3-6-15(20(16)23(27)31)12-26-11-10-24-17(13-26)14-4-1-2-5-14/h3,6-7,14,17-18,24H,1-2,4-5,8-13H2,(H,25,28,29). The van der Waals surface area contributed by atoms with Crippen molar-refractivity contribution in [2.75, 3.05) is 19.6 Å². The van der Waals surface area contributed by atoms with Crippen molar-refractivity contribution >= 4 is 23.6 Å². The topological polar surface area (TPSA) is 98.8 Å². The summed E-state index contributed by atoms with van der Waals surface area (Å²) in [5.41, 5.74) is 1.60. The van der Waals surface area contributed by atoms with Gasteiger partial charge in [0.05, 0.1) is 11.1 Å². The van der Waals surface area contributed by atoms with Crippen molar-refractivity contribution < 1.29 is 19.2 Å². The van der Waals surface area contributed by atoms with Gasteiger partial charge >= 0.3 is 0 Å².